The molecular weight excluding hydrogens is 693 g/mol. The molecule has 0 saturated heterocycles. The van der Waals surface area contributed by atoms with E-state index in [1.54, 1.807) is 23.7 Å². The third kappa shape index (κ3) is 7.33. The summed E-state index contributed by atoms with van der Waals surface area (Å²) in [5, 5.41) is 8.29. The summed E-state index contributed by atoms with van der Waals surface area (Å²) < 4.78 is 35.4. The third-order valence-electron chi connectivity index (χ3n) is 11.7. The molecular formula is C40H52N6O6S. The van der Waals surface area contributed by atoms with Gasteiger partial charge in [0.15, 0.2) is 5.82 Å². The van der Waals surface area contributed by atoms with Crippen LogP contribution in [0.4, 0.5) is 0 Å². The van der Waals surface area contributed by atoms with E-state index in [1.807, 2.05) is 43.5 Å². The molecule has 4 aliphatic rings. The summed E-state index contributed by atoms with van der Waals surface area (Å²) in [6.07, 6.45) is 11.2. The Morgan fingerprint density at radius 1 is 1.11 bits per heavy atom. The molecule has 2 N–H and O–H groups in total. The Bertz CT molecular complexity index is 2080. The maximum Gasteiger partial charge on any atom is 0.259 e. The predicted molar refractivity (Wildman–Crippen MR) is 202 cm³/mol. The number of carbonyl (C=O) groups is 3. The van der Waals surface area contributed by atoms with E-state index in [-0.39, 0.29) is 29.1 Å². The van der Waals surface area contributed by atoms with Gasteiger partial charge in [-0.15, -0.1) is 0 Å². The normalized spacial score (nSPS) is 27.4. The number of rotatable bonds is 7. The van der Waals surface area contributed by atoms with Crippen molar-refractivity contribution in [3.8, 4) is 11.6 Å². The summed E-state index contributed by atoms with van der Waals surface area (Å²) in [4.78, 5) is 48.9. The second kappa shape index (κ2) is 13.9. The molecule has 2 aromatic heterocycles. The van der Waals surface area contributed by atoms with Gasteiger partial charge in [0.1, 0.15) is 11.3 Å². The minimum Gasteiger partial charge on any atom is -0.496 e. The van der Waals surface area contributed by atoms with Gasteiger partial charge in [-0.2, -0.15) is 5.10 Å². The second-order valence-corrected chi connectivity index (χ2v) is 18.7. The lowest BCUT2D eigenvalue weighted by Gasteiger charge is -2.27. The molecule has 3 heterocycles. The topological polar surface area (TPSA) is 153 Å². The first-order chi connectivity index (χ1) is 25.1. The molecule has 1 aromatic carbocycles. The van der Waals surface area contributed by atoms with Crippen LogP contribution in [0.5, 0.6) is 5.75 Å². The number of ether oxygens (including phenoxy) is 1. The van der Waals surface area contributed by atoms with Crippen molar-refractivity contribution in [1.29, 1.82) is 0 Å². The van der Waals surface area contributed by atoms with Gasteiger partial charge in [0.05, 0.1) is 23.6 Å². The zero-order chi connectivity index (χ0) is 37.9. The smallest absolute Gasteiger partial charge is 0.259 e. The Labute approximate surface area is 312 Å². The highest BCUT2D eigenvalue weighted by atomic mass is 32.2. The first-order valence-electron chi connectivity index (χ1n) is 18.9. The van der Waals surface area contributed by atoms with E-state index in [2.05, 4.69) is 36.9 Å². The highest BCUT2D eigenvalue weighted by Crippen LogP contribution is 2.48. The number of aromatic nitrogens is 3. The highest BCUT2D eigenvalue weighted by molar-refractivity contribution is 7.91. The fourth-order valence-electron chi connectivity index (χ4n) is 8.25. The van der Waals surface area contributed by atoms with Crippen LogP contribution in [0.15, 0.2) is 42.6 Å². The van der Waals surface area contributed by atoms with Crippen LogP contribution >= 0.6 is 0 Å². The largest absolute Gasteiger partial charge is 0.496 e. The molecule has 3 amide bonds. The predicted octanol–water partition coefficient (Wildman–Crippen LogP) is 4.90. The molecule has 1 aliphatic heterocycles. The fraction of sp³-hybridized carbons (Fsp3) is 0.575. The van der Waals surface area contributed by atoms with E-state index >= 15 is 0 Å². The molecule has 53 heavy (non-hydrogen) atoms. The summed E-state index contributed by atoms with van der Waals surface area (Å²) in [5.41, 5.74) is 2.19. The summed E-state index contributed by atoms with van der Waals surface area (Å²) in [6.45, 7) is 8.94. The van der Waals surface area contributed by atoms with Gasteiger partial charge in [-0.1, -0.05) is 32.9 Å². The Balaban J connectivity index is 1.21. The first kappa shape index (κ1) is 37.1. The lowest BCUT2D eigenvalue weighted by atomic mass is 9.93. The minimum absolute atomic E-state index is 0.0256. The van der Waals surface area contributed by atoms with Crippen LogP contribution in [0, 0.1) is 30.6 Å². The standard InChI is InChI=1S/C40H52N6O6S/c1-24-32(52-6)15-14-29-26(22-34(41-35(24)29)46-18-16-33(43-46)39(2,3)4)19-25-20-30-31(21-25)37(48)45(5)17-10-8-7-9-11-27-23-40(27,42-36(30)47)38(49)44-53(50,51)28-12-13-28/h9,11,14-16,18,22,25,27-28,30-31H,7-8,10,12-13,17,19-21,23H2,1-6H3,(H,42,47)(H,44,49)/b11-9-/t25-,27-,30-,31-,40-/m1/s1. The van der Waals surface area contributed by atoms with E-state index in [0.717, 1.165) is 52.7 Å². The average molecular weight is 745 g/mol. The summed E-state index contributed by atoms with van der Waals surface area (Å²) in [7, 11) is -0.368. The molecule has 7 rings (SSSR count). The van der Waals surface area contributed by atoms with Crippen LogP contribution in [0.1, 0.15) is 89.0 Å². The van der Waals surface area contributed by atoms with Gasteiger partial charge >= 0.3 is 0 Å². The number of nitrogens with zero attached hydrogens (tertiary/aromatic N) is 4. The molecule has 284 valence electrons. The van der Waals surface area contributed by atoms with Gasteiger partial charge in [-0.05, 0) is 100 Å². The fourth-order valence-corrected chi connectivity index (χ4v) is 9.61. The lowest BCUT2D eigenvalue weighted by molar-refractivity contribution is -0.140. The van der Waals surface area contributed by atoms with E-state index < -0.39 is 38.6 Å². The molecule has 3 fully saturated rings. The molecule has 13 heteroatoms. The maximum atomic E-state index is 14.4. The molecule has 3 saturated carbocycles. The lowest BCUT2D eigenvalue weighted by Crippen LogP contribution is -2.54. The number of benzene rings is 1. The van der Waals surface area contributed by atoms with E-state index in [0.29, 0.717) is 50.9 Å². The SMILES string of the molecule is COc1ccc2c(C[C@@H]3C[C@H]4C(=O)N[C@]5(C(=O)NS(=O)(=O)C6CC6)C[C@H]5/C=C\CCCCN(C)C(=O)[C@@H]4C3)cc(-n3ccc(C(C)(C)C)n3)nc2c1C. The Morgan fingerprint density at radius 3 is 2.57 bits per heavy atom. The van der Waals surface area contributed by atoms with Crippen molar-refractivity contribution in [3.05, 3.63) is 59.4 Å². The molecule has 0 unspecified atom stereocenters. The number of allylic oxidation sites excluding steroid dienone is 1. The zero-order valence-corrected chi connectivity index (χ0v) is 32.5. The molecule has 12 nitrogen and oxygen atoms in total. The minimum atomic E-state index is -3.81. The van der Waals surface area contributed by atoms with Crippen molar-refractivity contribution in [1.82, 2.24) is 29.7 Å². The number of sulfonamides is 1. The Morgan fingerprint density at radius 2 is 1.87 bits per heavy atom. The number of nitrogens with one attached hydrogen (secondary N) is 2. The molecule has 3 aromatic rings. The molecule has 0 radical (unpaired) electrons. The number of aryl methyl sites for hydroxylation is 1. The number of pyridine rings is 1. The number of fused-ring (bicyclic) bond motifs is 3. The van der Waals surface area contributed by atoms with Crippen molar-refractivity contribution in [3.63, 3.8) is 0 Å². The van der Waals surface area contributed by atoms with Gasteiger partial charge in [-0.3, -0.25) is 19.1 Å². The summed E-state index contributed by atoms with van der Waals surface area (Å²) in [5.74, 6) is -1.34. The van der Waals surface area contributed by atoms with Crippen LogP contribution in [-0.4, -0.2) is 77.3 Å². The van der Waals surface area contributed by atoms with Gasteiger partial charge in [0.25, 0.3) is 5.91 Å². The number of methoxy groups -OCH3 is 1. The third-order valence-corrected chi connectivity index (χ3v) is 13.5. The van der Waals surface area contributed by atoms with Crippen molar-refractivity contribution in [2.24, 2.45) is 23.7 Å². The van der Waals surface area contributed by atoms with Crippen LogP contribution in [-0.2, 0) is 36.2 Å². The van der Waals surface area contributed by atoms with Crippen LogP contribution in [0.3, 0.4) is 0 Å². The molecule has 5 atom stereocenters. The van der Waals surface area contributed by atoms with Crippen molar-refractivity contribution in [2.75, 3.05) is 20.7 Å². The van der Waals surface area contributed by atoms with E-state index in [9.17, 15) is 22.8 Å². The number of hydrogen-bond acceptors (Lipinski definition) is 8. The summed E-state index contributed by atoms with van der Waals surface area (Å²) in [6, 6.07) is 8.03. The number of hydrogen-bond donors (Lipinski definition) is 2. The Kier molecular flexibility index (Phi) is 9.70. The first-order valence-corrected chi connectivity index (χ1v) is 20.5. The number of amides is 3. The average Bonchev–Trinajstić information content (AvgIpc) is 3.98. The highest BCUT2D eigenvalue weighted by Gasteiger charge is 2.62. The summed E-state index contributed by atoms with van der Waals surface area (Å²) >= 11 is 0. The van der Waals surface area contributed by atoms with Crippen molar-refractivity contribution in [2.45, 2.75) is 102 Å². The van der Waals surface area contributed by atoms with Gasteiger partial charge < -0.3 is 15.0 Å². The van der Waals surface area contributed by atoms with Crippen LogP contribution in [0.2, 0.25) is 0 Å². The van der Waals surface area contributed by atoms with Crippen molar-refractivity contribution < 1.29 is 27.5 Å². The van der Waals surface area contributed by atoms with E-state index in [1.165, 1.54) is 0 Å². The van der Waals surface area contributed by atoms with Crippen molar-refractivity contribution >= 4 is 38.6 Å². The van der Waals surface area contributed by atoms with Gasteiger partial charge in [0, 0.05) is 53.9 Å². The van der Waals surface area contributed by atoms with E-state index in [4.69, 9.17) is 14.8 Å². The van der Waals surface area contributed by atoms with Gasteiger partial charge in [0.2, 0.25) is 21.8 Å². The van der Waals surface area contributed by atoms with Crippen LogP contribution < -0.4 is 14.8 Å². The zero-order valence-electron chi connectivity index (χ0n) is 31.6. The molecule has 3 aliphatic carbocycles. The van der Waals surface area contributed by atoms with Crippen LogP contribution in [0.25, 0.3) is 16.7 Å². The second-order valence-electron chi connectivity index (χ2n) is 16.7. The van der Waals surface area contributed by atoms with Gasteiger partial charge in [-0.25, -0.2) is 18.1 Å². The quantitative estimate of drug-likeness (QED) is 0.324. The number of carbonyl (C=O) groups excluding carboxylic acids is 3. The maximum absolute atomic E-state index is 14.4. The molecule has 0 spiro atoms. The Hall–Kier alpha value is -4.26. The monoisotopic (exact) mass is 744 g/mol. The molecule has 0 bridgehead atoms.